The zero-order chi connectivity index (χ0) is 24.2. The Morgan fingerprint density at radius 3 is 2.83 bits per heavy atom. The van der Waals surface area contributed by atoms with Gasteiger partial charge < -0.3 is 15.7 Å². The number of para-hydroxylation sites is 1. The predicted molar refractivity (Wildman–Crippen MR) is 145 cm³/mol. The first-order valence-electron chi connectivity index (χ1n) is 10.8. The molecule has 0 aliphatic heterocycles. The maximum atomic E-state index is 12.3. The van der Waals surface area contributed by atoms with Crippen LogP contribution in [0, 0.1) is 0 Å². The van der Waals surface area contributed by atoms with E-state index in [9.17, 15) is 9.90 Å². The molecule has 1 unspecified atom stereocenters. The van der Waals surface area contributed by atoms with E-state index in [1.54, 1.807) is 40.3 Å². The van der Waals surface area contributed by atoms with Crippen molar-refractivity contribution in [2.24, 2.45) is 0 Å². The number of hydrogen-bond acceptors (Lipinski definition) is 6. The van der Waals surface area contributed by atoms with E-state index in [-0.39, 0.29) is 11.7 Å². The van der Waals surface area contributed by atoms with E-state index in [1.165, 1.54) is 6.08 Å². The third-order valence-corrected chi connectivity index (χ3v) is 6.53. The van der Waals surface area contributed by atoms with Crippen molar-refractivity contribution in [3.8, 4) is 17.0 Å². The number of nitrogens with zero attached hydrogens (tertiary/aromatic N) is 3. The number of hydrogen-bond donors (Lipinski definition) is 3. The predicted octanol–water partition coefficient (Wildman–Crippen LogP) is 4.93. The van der Waals surface area contributed by atoms with Gasteiger partial charge in [0.2, 0.25) is 5.91 Å². The highest BCUT2D eigenvalue weighted by Gasteiger charge is 2.13. The summed E-state index contributed by atoms with van der Waals surface area (Å²) in [5, 5.41) is 23.9. The minimum absolute atomic E-state index is 0.164. The molecule has 0 radical (unpaired) electrons. The maximum Gasteiger partial charge on any atom is 0.248 e. The lowest BCUT2D eigenvalue weighted by molar-refractivity contribution is -0.111. The Labute approximate surface area is 208 Å². The molecule has 5 aromatic rings. The first-order chi connectivity index (χ1) is 17.1. The fraction of sp³-hybridized carbons (Fsp3) is 0.0385. The van der Waals surface area contributed by atoms with E-state index in [1.807, 2.05) is 60.0 Å². The van der Waals surface area contributed by atoms with Crippen molar-refractivity contribution in [1.29, 1.82) is 0 Å². The van der Waals surface area contributed by atoms with E-state index < -0.39 is 0 Å². The lowest BCUT2D eigenvalue weighted by Gasteiger charge is -2.12. The topological polar surface area (TPSA) is 91.5 Å². The van der Waals surface area contributed by atoms with Crippen LogP contribution < -0.4 is 15.9 Å². The molecule has 0 aliphatic rings. The number of aromatic nitrogens is 3. The standard InChI is InChI=1S/C26H22N5O2PS/c32-22-9-2-1-8-20(22)21-14-24(31-26(30-21)23(34)16-28-31)27-15-17-5-3-6-18(13-17)29-25(33)11-10-19-7-4-12-35-19/h1-14,16,27,32H,15,34H2,(H,29,33)/b11-10+. The summed E-state index contributed by atoms with van der Waals surface area (Å²) in [6, 6.07) is 20.5. The molecule has 0 spiro atoms. The average Bonchev–Trinajstić information content (AvgIpc) is 3.52. The molecular weight excluding hydrogens is 477 g/mol. The van der Waals surface area contributed by atoms with Gasteiger partial charge in [0, 0.05) is 40.1 Å². The number of thiophene rings is 1. The highest BCUT2D eigenvalue weighted by atomic mass is 32.1. The summed E-state index contributed by atoms with van der Waals surface area (Å²) >= 11 is 1.58. The Hall–Kier alpha value is -4.00. The van der Waals surface area contributed by atoms with Crippen LogP contribution in [0.4, 0.5) is 11.5 Å². The van der Waals surface area contributed by atoms with Gasteiger partial charge in [0.25, 0.3) is 0 Å². The molecule has 174 valence electrons. The van der Waals surface area contributed by atoms with Crippen molar-refractivity contribution in [2.45, 2.75) is 6.54 Å². The molecule has 0 saturated carbocycles. The summed E-state index contributed by atoms with van der Waals surface area (Å²) in [6.07, 6.45) is 5.06. The van der Waals surface area contributed by atoms with Gasteiger partial charge in [0.15, 0.2) is 5.65 Å². The third-order valence-electron chi connectivity index (χ3n) is 5.29. The van der Waals surface area contributed by atoms with Crippen molar-refractivity contribution in [1.82, 2.24) is 14.6 Å². The molecule has 2 aromatic carbocycles. The van der Waals surface area contributed by atoms with Crippen molar-refractivity contribution in [3.05, 3.63) is 94.8 Å². The molecule has 3 aromatic heterocycles. The summed E-state index contributed by atoms with van der Waals surface area (Å²) in [6.45, 7) is 0.500. The molecule has 3 N–H and O–H groups in total. The van der Waals surface area contributed by atoms with Crippen molar-refractivity contribution in [3.63, 3.8) is 0 Å². The molecule has 0 bridgehead atoms. The van der Waals surface area contributed by atoms with Crippen LogP contribution in [-0.4, -0.2) is 25.6 Å². The average molecular weight is 500 g/mol. The second-order valence-corrected chi connectivity index (χ2v) is 9.37. The van der Waals surface area contributed by atoms with E-state index in [0.29, 0.717) is 29.1 Å². The number of phenols is 1. The molecule has 5 rings (SSSR count). The lowest BCUT2D eigenvalue weighted by Crippen LogP contribution is -2.10. The van der Waals surface area contributed by atoms with Gasteiger partial charge in [-0.25, -0.2) is 4.98 Å². The van der Waals surface area contributed by atoms with Crippen LogP contribution in [-0.2, 0) is 11.3 Å². The molecule has 0 fully saturated rings. The molecule has 7 nitrogen and oxygen atoms in total. The fourth-order valence-corrected chi connectivity index (χ4v) is 4.49. The van der Waals surface area contributed by atoms with Gasteiger partial charge in [0.1, 0.15) is 11.6 Å². The summed E-state index contributed by atoms with van der Waals surface area (Å²) in [7, 11) is 2.64. The zero-order valence-corrected chi connectivity index (χ0v) is 20.5. The number of anilines is 2. The normalized spacial score (nSPS) is 11.2. The van der Waals surface area contributed by atoms with Crippen molar-refractivity contribution in [2.75, 3.05) is 10.6 Å². The van der Waals surface area contributed by atoms with Crippen LogP contribution in [0.3, 0.4) is 0 Å². The number of rotatable bonds is 7. The van der Waals surface area contributed by atoms with Crippen LogP contribution in [0.25, 0.3) is 23.0 Å². The largest absolute Gasteiger partial charge is 0.507 e. The molecule has 1 amide bonds. The third kappa shape index (κ3) is 5.24. The highest BCUT2D eigenvalue weighted by Crippen LogP contribution is 2.29. The number of carbonyl (C=O) groups is 1. The van der Waals surface area contributed by atoms with Crippen molar-refractivity contribution >= 4 is 55.0 Å². The van der Waals surface area contributed by atoms with E-state index in [0.717, 1.165) is 21.6 Å². The minimum Gasteiger partial charge on any atom is -0.507 e. The molecule has 9 heteroatoms. The number of amides is 1. The number of phenolic OH excluding ortho intramolecular Hbond substituents is 1. The van der Waals surface area contributed by atoms with Crippen LogP contribution >= 0.6 is 20.6 Å². The molecule has 0 aliphatic carbocycles. The first-order valence-corrected chi connectivity index (χ1v) is 12.3. The summed E-state index contributed by atoms with van der Waals surface area (Å²) in [5.41, 5.74) is 3.66. The van der Waals surface area contributed by atoms with E-state index in [2.05, 4.69) is 25.0 Å². The highest BCUT2D eigenvalue weighted by molar-refractivity contribution is 7.28. The van der Waals surface area contributed by atoms with Crippen LogP contribution in [0.15, 0.2) is 84.4 Å². The molecular formula is C26H22N5O2PS. The van der Waals surface area contributed by atoms with E-state index in [4.69, 9.17) is 4.98 Å². The SMILES string of the molecule is O=C(/C=C/c1cccs1)Nc1cccc(CNc2cc(-c3ccccc3O)nc3c(P)cnn23)c1. The quantitative estimate of drug-likeness (QED) is 0.218. The summed E-state index contributed by atoms with van der Waals surface area (Å²) in [4.78, 5) is 18.0. The van der Waals surface area contributed by atoms with Crippen LogP contribution in [0.1, 0.15) is 10.4 Å². The van der Waals surface area contributed by atoms with Gasteiger partial charge >= 0.3 is 0 Å². The van der Waals surface area contributed by atoms with Gasteiger partial charge in [-0.3, -0.25) is 4.79 Å². The second-order valence-electron chi connectivity index (χ2n) is 7.77. The summed E-state index contributed by atoms with van der Waals surface area (Å²) in [5.74, 6) is 0.711. The van der Waals surface area contributed by atoms with Gasteiger partial charge in [-0.1, -0.05) is 39.6 Å². The Morgan fingerprint density at radius 2 is 2.00 bits per heavy atom. The second kappa shape index (κ2) is 10.1. The summed E-state index contributed by atoms with van der Waals surface area (Å²) < 4.78 is 1.73. The van der Waals surface area contributed by atoms with Gasteiger partial charge in [-0.2, -0.15) is 9.61 Å². The van der Waals surface area contributed by atoms with Gasteiger partial charge in [0.05, 0.1) is 11.9 Å². The van der Waals surface area contributed by atoms with Crippen LogP contribution in [0.2, 0.25) is 0 Å². The number of carbonyl (C=O) groups excluding carboxylic acids is 1. The monoisotopic (exact) mass is 499 g/mol. The zero-order valence-electron chi connectivity index (χ0n) is 18.6. The lowest BCUT2D eigenvalue weighted by atomic mass is 10.1. The number of benzene rings is 2. The Bertz CT molecular complexity index is 1530. The van der Waals surface area contributed by atoms with Gasteiger partial charge in [-0.05, 0) is 47.4 Å². The molecule has 0 saturated heterocycles. The van der Waals surface area contributed by atoms with Crippen molar-refractivity contribution < 1.29 is 9.90 Å². The number of nitrogens with one attached hydrogen (secondary N) is 2. The molecule has 3 heterocycles. The maximum absolute atomic E-state index is 12.3. The van der Waals surface area contributed by atoms with Crippen LogP contribution in [0.5, 0.6) is 5.75 Å². The Morgan fingerprint density at radius 1 is 1.11 bits per heavy atom. The fourth-order valence-electron chi connectivity index (χ4n) is 3.61. The Balaban J connectivity index is 1.35. The smallest absolute Gasteiger partial charge is 0.248 e. The van der Waals surface area contributed by atoms with E-state index >= 15 is 0 Å². The number of aromatic hydroxyl groups is 1. The van der Waals surface area contributed by atoms with Gasteiger partial charge in [-0.15, -0.1) is 11.3 Å². The minimum atomic E-state index is -0.184. The number of fused-ring (bicyclic) bond motifs is 1. The molecule has 1 atom stereocenters. The molecule has 35 heavy (non-hydrogen) atoms. The Kier molecular flexibility index (Phi) is 6.57. The first kappa shape index (κ1) is 22.8.